The van der Waals surface area contributed by atoms with Crippen molar-refractivity contribution in [3.05, 3.63) is 34.9 Å². The third kappa shape index (κ3) is 3.05. The fourth-order valence-corrected chi connectivity index (χ4v) is 3.28. The second-order valence-electron chi connectivity index (χ2n) is 6.10. The van der Waals surface area contributed by atoms with Crippen LogP contribution in [0.25, 0.3) is 0 Å². The van der Waals surface area contributed by atoms with Gasteiger partial charge < -0.3 is 4.90 Å². The molecule has 2 aromatic heterocycles. The van der Waals surface area contributed by atoms with Crippen LogP contribution in [0, 0.1) is 13.8 Å². The number of aromatic nitrogens is 4. The number of amides is 1. The van der Waals surface area contributed by atoms with Crippen LogP contribution in [0.3, 0.4) is 0 Å². The zero-order chi connectivity index (χ0) is 15.5. The molecule has 2 N–H and O–H groups in total. The molecule has 3 heterocycles. The van der Waals surface area contributed by atoms with Crippen molar-refractivity contribution in [2.24, 2.45) is 0 Å². The van der Waals surface area contributed by atoms with Gasteiger partial charge in [0.2, 0.25) is 5.91 Å². The van der Waals surface area contributed by atoms with Gasteiger partial charge in [-0.15, -0.1) is 0 Å². The lowest BCUT2D eigenvalue weighted by atomic mass is 9.94. The fourth-order valence-electron chi connectivity index (χ4n) is 3.28. The number of nitrogens with zero attached hydrogens (tertiary/aromatic N) is 3. The summed E-state index contributed by atoms with van der Waals surface area (Å²) < 4.78 is 0. The third-order valence-electron chi connectivity index (χ3n) is 4.61. The van der Waals surface area contributed by atoms with Gasteiger partial charge in [-0.3, -0.25) is 15.0 Å². The maximum Gasteiger partial charge on any atom is 0.222 e. The Morgan fingerprint density at radius 3 is 2.95 bits per heavy atom. The van der Waals surface area contributed by atoms with Crippen molar-refractivity contribution in [2.45, 2.75) is 45.4 Å². The summed E-state index contributed by atoms with van der Waals surface area (Å²) in [7, 11) is 0. The van der Waals surface area contributed by atoms with E-state index in [0.717, 1.165) is 49.4 Å². The molecule has 0 radical (unpaired) electrons. The van der Waals surface area contributed by atoms with Crippen LogP contribution in [-0.2, 0) is 11.2 Å². The summed E-state index contributed by atoms with van der Waals surface area (Å²) in [5.74, 6) is 0.627. The number of hydrogen-bond acceptors (Lipinski definition) is 3. The van der Waals surface area contributed by atoms with Gasteiger partial charge in [-0.05, 0) is 44.7 Å². The van der Waals surface area contributed by atoms with Crippen molar-refractivity contribution in [2.75, 3.05) is 13.1 Å². The van der Waals surface area contributed by atoms with E-state index in [2.05, 4.69) is 20.4 Å². The van der Waals surface area contributed by atoms with Gasteiger partial charge in [0.25, 0.3) is 0 Å². The Morgan fingerprint density at radius 1 is 1.41 bits per heavy atom. The van der Waals surface area contributed by atoms with Gasteiger partial charge in [0.05, 0.1) is 5.69 Å². The van der Waals surface area contributed by atoms with Gasteiger partial charge in [-0.2, -0.15) is 10.2 Å². The number of H-pyrrole nitrogens is 2. The van der Waals surface area contributed by atoms with Crippen molar-refractivity contribution in [1.29, 1.82) is 0 Å². The molecule has 1 amide bonds. The Labute approximate surface area is 130 Å². The molecule has 2 aromatic rings. The summed E-state index contributed by atoms with van der Waals surface area (Å²) in [6.45, 7) is 5.66. The second kappa shape index (κ2) is 6.34. The van der Waals surface area contributed by atoms with Crippen molar-refractivity contribution >= 4 is 5.91 Å². The van der Waals surface area contributed by atoms with E-state index >= 15 is 0 Å². The lowest BCUT2D eigenvalue weighted by Crippen LogP contribution is -2.39. The van der Waals surface area contributed by atoms with Gasteiger partial charge >= 0.3 is 0 Å². The van der Waals surface area contributed by atoms with E-state index in [0.29, 0.717) is 12.3 Å². The van der Waals surface area contributed by atoms with E-state index in [1.807, 2.05) is 24.8 Å². The van der Waals surface area contributed by atoms with Gasteiger partial charge in [-0.25, -0.2) is 0 Å². The van der Waals surface area contributed by atoms with E-state index in [4.69, 9.17) is 0 Å². The minimum absolute atomic E-state index is 0.240. The molecule has 1 atom stereocenters. The average molecular weight is 301 g/mol. The monoisotopic (exact) mass is 301 g/mol. The van der Waals surface area contributed by atoms with Crippen molar-refractivity contribution < 1.29 is 4.79 Å². The standard InChI is InChI=1S/C16H23N5O/c1-11-14(12(2)19-18-11)5-6-16(22)21-9-3-4-13(10-21)15-7-8-17-20-15/h7-8,13H,3-6,9-10H2,1-2H3,(H,17,20)(H,18,19). The van der Waals surface area contributed by atoms with Crippen LogP contribution in [0.1, 0.15) is 47.8 Å². The van der Waals surface area contributed by atoms with Crippen LogP contribution in [0.5, 0.6) is 0 Å². The van der Waals surface area contributed by atoms with Crippen molar-refractivity contribution in [3.63, 3.8) is 0 Å². The molecule has 118 valence electrons. The van der Waals surface area contributed by atoms with Gasteiger partial charge in [0, 0.05) is 43.0 Å². The van der Waals surface area contributed by atoms with Crippen LogP contribution in [0.4, 0.5) is 0 Å². The van der Waals surface area contributed by atoms with E-state index in [1.165, 1.54) is 5.56 Å². The first kappa shape index (κ1) is 14.8. The predicted molar refractivity (Wildman–Crippen MR) is 83.5 cm³/mol. The van der Waals surface area contributed by atoms with Gasteiger partial charge in [0.1, 0.15) is 0 Å². The Kier molecular flexibility index (Phi) is 4.27. The average Bonchev–Trinajstić information content (AvgIpc) is 3.16. The van der Waals surface area contributed by atoms with E-state index in [9.17, 15) is 4.79 Å². The molecule has 0 spiro atoms. The Hall–Kier alpha value is -2.11. The third-order valence-corrected chi connectivity index (χ3v) is 4.61. The fraction of sp³-hybridized carbons (Fsp3) is 0.562. The SMILES string of the molecule is Cc1n[nH]c(C)c1CCC(=O)N1CCCC(c2ccn[nH]2)C1. The molecule has 3 rings (SSSR count). The molecule has 0 saturated carbocycles. The van der Waals surface area contributed by atoms with Crippen LogP contribution >= 0.6 is 0 Å². The number of carbonyl (C=O) groups excluding carboxylic acids is 1. The lowest BCUT2D eigenvalue weighted by Gasteiger charge is -2.32. The summed E-state index contributed by atoms with van der Waals surface area (Å²) in [5, 5.41) is 14.2. The Morgan fingerprint density at radius 2 is 2.27 bits per heavy atom. The van der Waals surface area contributed by atoms with E-state index in [-0.39, 0.29) is 5.91 Å². The highest BCUT2D eigenvalue weighted by molar-refractivity contribution is 5.76. The molecule has 1 aliphatic heterocycles. The van der Waals surface area contributed by atoms with Crippen molar-refractivity contribution in [1.82, 2.24) is 25.3 Å². The number of rotatable bonds is 4. The summed E-state index contributed by atoms with van der Waals surface area (Å²) in [5.41, 5.74) is 4.38. The first-order valence-corrected chi connectivity index (χ1v) is 7.92. The van der Waals surface area contributed by atoms with Crippen LogP contribution in [0.2, 0.25) is 0 Å². The molecular formula is C16H23N5O. The Bertz CT molecular complexity index is 612. The lowest BCUT2D eigenvalue weighted by molar-refractivity contribution is -0.132. The molecule has 1 fully saturated rings. The molecule has 0 aliphatic carbocycles. The molecule has 1 aliphatic rings. The normalized spacial score (nSPS) is 18.6. The molecule has 6 nitrogen and oxygen atoms in total. The highest BCUT2D eigenvalue weighted by Gasteiger charge is 2.25. The second-order valence-corrected chi connectivity index (χ2v) is 6.10. The first-order valence-electron chi connectivity index (χ1n) is 7.92. The summed E-state index contributed by atoms with van der Waals surface area (Å²) in [6, 6.07) is 2.01. The number of likely N-dealkylation sites (tertiary alicyclic amines) is 1. The minimum Gasteiger partial charge on any atom is -0.342 e. The number of nitrogens with one attached hydrogen (secondary N) is 2. The van der Waals surface area contributed by atoms with Gasteiger partial charge in [-0.1, -0.05) is 0 Å². The summed E-state index contributed by atoms with van der Waals surface area (Å²) in [6.07, 6.45) is 5.26. The number of aromatic amines is 2. The minimum atomic E-state index is 0.240. The molecule has 0 bridgehead atoms. The van der Waals surface area contributed by atoms with Crippen LogP contribution in [-0.4, -0.2) is 44.3 Å². The van der Waals surface area contributed by atoms with E-state index < -0.39 is 0 Å². The predicted octanol–water partition coefficient (Wildman–Crippen LogP) is 2.09. The zero-order valence-corrected chi connectivity index (χ0v) is 13.2. The highest BCUT2D eigenvalue weighted by atomic mass is 16.2. The van der Waals surface area contributed by atoms with E-state index in [1.54, 1.807) is 6.20 Å². The summed E-state index contributed by atoms with van der Waals surface area (Å²) in [4.78, 5) is 14.5. The first-order chi connectivity index (χ1) is 10.6. The number of piperidine rings is 1. The smallest absolute Gasteiger partial charge is 0.222 e. The molecule has 1 unspecified atom stereocenters. The molecule has 0 aromatic carbocycles. The highest BCUT2D eigenvalue weighted by Crippen LogP contribution is 2.25. The van der Waals surface area contributed by atoms with Crippen LogP contribution < -0.4 is 0 Å². The molecular weight excluding hydrogens is 278 g/mol. The zero-order valence-electron chi connectivity index (χ0n) is 13.2. The quantitative estimate of drug-likeness (QED) is 0.907. The number of aryl methyl sites for hydroxylation is 2. The molecule has 1 saturated heterocycles. The van der Waals surface area contributed by atoms with Crippen molar-refractivity contribution in [3.8, 4) is 0 Å². The summed E-state index contributed by atoms with van der Waals surface area (Å²) >= 11 is 0. The maximum atomic E-state index is 12.5. The number of hydrogen-bond donors (Lipinski definition) is 2. The Balaban J connectivity index is 1.58. The van der Waals surface area contributed by atoms with Crippen LogP contribution in [0.15, 0.2) is 12.3 Å². The molecule has 22 heavy (non-hydrogen) atoms. The molecule has 6 heteroatoms. The largest absolute Gasteiger partial charge is 0.342 e. The number of carbonyl (C=O) groups is 1. The van der Waals surface area contributed by atoms with Gasteiger partial charge in [0.15, 0.2) is 0 Å². The maximum absolute atomic E-state index is 12.5. The topological polar surface area (TPSA) is 77.7 Å².